The van der Waals surface area contributed by atoms with E-state index in [-0.39, 0.29) is 28.9 Å². The zero-order valence-electron chi connectivity index (χ0n) is 19.7. The minimum Gasteiger partial charge on any atom is -0.504 e. The number of carbonyl (C=O) groups is 2. The Balaban J connectivity index is 1.64. The minimum absolute atomic E-state index is 0.00140. The van der Waals surface area contributed by atoms with Crippen molar-refractivity contribution in [2.75, 3.05) is 18.2 Å². The molecule has 1 aliphatic heterocycles. The quantitative estimate of drug-likeness (QED) is 0.514. The van der Waals surface area contributed by atoms with Crippen molar-refractivity contribution in [2.45, 2.75) is 38.5 Å². The van der Waals surface area contributed by atoms with Crippen LogP contribution in [0.3, 0.4) is 0 Å². The van der Waals surface area contributed by atoms with Crippen LogP contribution in [-0.2, 0) is 16.0 Å². The van der Waals surface area contributed by atoms with E-state index in [9.17, 15) is 20.0 Å². The molecule has 1 atom stereocenters. The summed E-state index contributed by atoms with van der Waals surface area (Å²) in [5.74, 6) is -0.410. The van der Waals surface area contributed by atoms with Gasteiger partial charge >= 0.3 is 0 Å². The number of allylic oxidation sites excluding steroid dienone is 3. The van der Waals surface area contributed by atoms with Crippen LogP contribution in [0.5, 0.6) is 11.5 Å². The largest absolute Gasteiger partial charge is 0.504 e. The Kier molecular flexibility index (Phi) is 7.47. The van der Waals surface area contributed by atoms with Gasteiger partial charge in [0, 0.05) is 23.4 Å². The number of aromatic hydroxyl groups is 1. The van der Waals surface area contributed by atoms with E-state index in [1.807, 2.05) is 31.2 Å². The molecule has 1 amide bonds. The van der Waals surface area contributed by atoms with Gasteiger partial charge in [-0.15, -0.1) is 0 Å². The molecule has 2 aliphatic rings. The Morgan fingerprint density at radius 1 is 1.29 bits per heavy atom. The Morgan fingerprint density at radius 2 is 2.09 bits per heavy atom. The second kappa shape index (κ2) is 10.7. The molecule has 7 nitrogen and oxygen atoms in total. The standard InChI is InChI=1S/C27H27N3O4S/c1-3-16-7-4-5-8-19(16)29-24(33)15-35-27-18(14-28)25(17-11-12-21(31)23(13-17)34-2)26-20(30-27)9-6-10-22(26)32/h4-5,7-8,11-13,25,30-31H,3,6,9-10,15H2,1-2H3,(H,29,33)/t25-/m0/s1. The van der Waals surface area contributed by atoms with Crippen molar-refractivity contribution in [1.29, 1.82) is 5.26 Å². The Labute approximate surface area is 208 Å². The zero-order valence-corrected chi connectivity index (χ0v) is 20.5. The van der Waals surface area contributed by atoms with Gasteiger partial charge in [0.1, 0.15) is 0 Å². The molecule has 0 saturated carbocycles. The van der Waals surface area contributed by atoms with Crippen molar-refractivity contribution >= 4 is 29.1 Å². The van der Waals surface area contributed by atoms with Gasteiger partial charge < -0.3 is 20.5 Å². The number of hydrogen-bond acceptors (Lipinski definition) is 7. The van der Waals surface area contributed by atoms with Crippen LogP contribution in [-0.4, -0.2) is 29.7 Å². The van der Waals surface area contributed by atoms with E-state index in [0.717, 1.165) is 29.8 Å². The second-order valence-electron chi connectivity index (χ2n) is 8.36. The smallest absolute Gasteiger partial charge is 0.234 e. The molecule has 0 bridgehead atoms. The number of thioether (sulfide) groups is 1. The summed E-state index contributed by atoms with van der Waals surface area (Å²) in [6.07, 6.45) is 2.64. The van der Waals surface area contributed by atoms with Crippen molar-refractivity contribution in [3.8, 4) is 17.6 Å². The predicted molar refractivity (Wildman–Crippen MR) is 136 cm³/mol. The zero-order chi connectivity index (χ0) is 24.9. The van der Waals surface area contributed by atoms with Crippen LogP contribution in [0.15, 0.2) is 64.3 Å². The van der Waals surface area contributed by atoms with E-state index < -0.39 is 5.92 Å². The van der Waals surface area contributed by atoms with E-state index >= 15 is 0 Å². The lowest BCUT2D eigenvalue weighted by Gasteiger charge is -2.33. The summed E-state index contributed by atoms with van der Waals surface area (Å²) in [4.78, 5) is 25.7. The first-order chi connectivity index (χ1) is 17.0. The van der Waals surface area contributed by atoms with E-state index in [4.69, 9.17) is 4.74 Å². The summed E-state index contributed by atoms with van der Waals surface area (Å²) < 4.78 is 5.27. The average molecular weight is 490 g/mol. The number of ether oxygens (including phenoxy) is 1. The average Bonchev–Trinajstić information content (AvgIpc) is 2.87. The van der Waals surface area contributed by atoms with E-state index in [1.54, 1.807) is 12.1 Å². The summed E-state index contributed by atoms with van der Waals surface area (Å²) >= 11 is 1.25. The van der Waals surface area contributed by atoms with Gasteiger partial charge in [0.05, 0.1) is 35.5 Å². The number of phenols is 1. The molecular weight excluding hydrogens is 462 g/mol. The van der Waals surface area contributed by atoms with Crippen LogP contribution >= 0.6 is 11.8 Å². The third-order valence-corrected chi connectivity index (χ3v) is 7.24. The molecule has 1 aliphatic carbocycles. The Hall–Kier alpha value is -3.70. The van der Waals surface area contributed by atoms with Crippen LogP contribution in [0.2, 0.25) is 0 Å². The van der Waals surface area contributed by atoms with Crippen molar-refractivity contribution in [2.24, 2.45) is 0 Å². The van der Waals surface area contributed by atoms with Gasteiger partial charge in [0.15, 0.2) is 17.3 Å². The SMILES string of the molecule is CCc1ccccc1NC(=O)CSC1=C(C#N)[C@H](c2ccc(O)c(OC)c2)C2=C(CCCC2=O)N1. The highest BCUT2D eigenvalue weighted by atomic mass is 32.2. The number of nitrogens with zero attached hydrogens (tertiary/aromatic N) is 1. The molecule has 0 fully saturated rings. The molecule has 3 N–H and O–H groups in total. The highest BCUT2D eigenvalue weighted by molar-refractivity contribution is 8.03. The number of nitrogens with one attached hydrogen (secondary N) is 2. The minimum atomic E-state index is -0.593. The number of dihydropyridines is 1. The van der Waals surface area contributed by atoms with Crippen molar-refractivity contribution in [3.05, 3.63) is 75.5 Å². The van der Waals surface area contributed by atoms with Gasteiger partial charge in [0.25, 0.3) is 0 Å². The molecule has 2 aromatic carbocycles. The maximum Gasteiger partial charge on any atom is 0.234 e. The number of para-hydroxylation sites is 1. The fourth-order valence-corrected chi connectivity index (χ4v) is 5.38. The number of amides is 1. The molecule has 0 unspecified atom stereocenters. The first-order valence-electron chi connectivity index (χ1n) is 11.5. The van der Waals surface area contributed by atoms with Crippen LogP contribution < -0.4 is 15.4 Å². The molecule has 35 heavy (non-hydrogen) atoms. The summed E-state index contributed by atoms with van der Waals surface area (Å²) in [5.41, 5.74) is 4.25. The Bertz CT molecular complexity index is 1280. The molecule has 1 heterocycles. The van der Waals surface area contributed by atoms with Gasteiger partial charge in [-0.25, -0.2) is 0 Å². The number of hydrogen-bond donors (Lipinski definition) is 3. The second-order valence-corrected chi connectivity index (χ2v) is 9.35. The number of carbonyl (C=O) groups excluding carboxylic acids is 2. The number of benzene rings is 2. The monoisotopic (exact) mass is 489 g/mol. The summed E-state index contributed by atoms with van der Waals surface area (Å²) in [6.45, 7) is 2.03. The highest BCUT2D eigenvalue weighted by Gasteiger charge is 2.37. The molecule has 2 aromatic rings. The molecule has 0 spiro atoms. The fourth-order valence-electron chi connectivity index (χ4n) is 4.52. The molecule has 4 rings (SSSR count). The third kappa shape index (κ3) is 5.05. The third-order valence-electron chi connectivity index (χ3n) is 6.22. The van der Waals surface area contributed by atoms with Gasteiger partial charge in [-0.1, -0.05) is 43.0 Å². The van der Waals surface area contributed by atoms with Crippen molar-refractivity contribution in [1.82, 2.24) is 5.32 Å². The lowest BCUT2D eigenvalue weighted by molar-refractivity contribution is -0.116. The number of methoxy groups -OCH3 is 1. The number of anilines is 1. The van der Waals surface area contributed by atoms with Gasteiger partial charge in [-0.05, 0) is 48.6 Å². The van der Waals surface area contributed by atoms with E-state index in [0.29, 0.717) is 34.6 Å². The Morgan fingerprint density at radius 3 is 2.83 bits per heavy atom. The lowest BCUT2D eigenvalue weighted by Crippen LogP contribution is -2.31. The van der Waals surface area contributed by atoms with Crippen LogP contribution in [0.1, 0.15) is 43.2 Å². The molecule has 8 heteroatoms. The van der Waals surface area contributed by atoms with E-state index in [2.05, 4.69) is 16.7 Å². The highest BCUT2D eigenvalue weighted by Crippen LogP contribution is 2.45. The number of nitriles is 1. The summed E-state index contributed by atoms with van der Waals surface area (Å²) in [6, 6.07) is 14.8. The number of phenolic OH excluding ortho intramolecular Hbond substituents is 1. The van der Waals surface area contributed by atoms with Gasteiger partial charge in [0.2, 0.25) is 5.91 Å². The predicted octanol–water partition coefficient (Wildman–Crippen LogP) is 4.76. The summed E-state index contributed by atoms with van der Waals surface area (Å²) in [5, 5.41) is 27.0. The summed E-state index contributed by atoms with van der Waals surface area (Å²) in [7, 11) is 1.45. The maximum absolute atomic E-state index is 13.0. The van der Waals surface area contributed by atoms with Crippen LogP contribution in [0.25, 0.3) is 0 Å². The number of rotatable bonds is 7. The fraction of sp³-hybridized carbons (Fsp3) is 0.296. The number of aryl methyl sites for hydroxylation is 1. The topological polar surface area (TPSA) is 111 Å². The van der Waals surface area contributed by atoms with Gasteiger partial charge in [-0.3, -0.25) is 9.59 Å². The number of Topliss-reactive ketones (excluding diaryl/α,β-unsaturated/α-hetero) is 1. The molecule has 180 valence electrons. The van der Waals surface area contributed by atoms with Crippen LogP contribution in [0, 0.1) is 11.3 Å². The molecule has 0 radical (unpaired) electrons. The van der Waals surface area contributed by atoms with Crippen LogP contribution in [0.4, 0.5) is 5.69 Å². The lowest BCUT2D eigenvalue weighted by atomic mass is 9.77. The molecule has 0 saturated heterocycles. The molecular formula is C27H27N3O4S. The van der Waals surface area contributed by atoms with Crippen molar-refractivity contribution < 1.29 is 19.4 Å². The van der Waals surface area contributed by atoms with Crippen molar-refractivity contribution in [3.63, 3.8) is 0 Å². The maximum atomic E-state index is 13.0. The van der Waals surface area contributed by atoms with E-state index in [1.165, 1.54) is 24.9 Å². The first kappa shape index (κ1) is 24.4. The first-order valence-corrected chi connectivity index (χ1v) is 12.5. The number of ketones is 1. The normalized spacial score (nSPS) is 17.4. The molecule has 0 aromatic heterocycles. The van der Waals surface area contributed by atoms with Gasteiger partial charge in [-0.2, -0.15) is 5.26 Å².